The molecule has 12 heteroatoms. The summed E-state index contributed by atoms with van der Waals surface area (Å²) in [6.45, 7) is -2.95. The fourth-order valence-corrected chi connectivity index (χ4v) is 4.19. The van der Waals surface area contributed by atoms with Gasteiger partial charge in [-0.1, -0.05) is 6.08 Å². The molecule has 0 amide bonds. The Balaban J connectivity index is 1.71. The highest BCUT2D eigenvalue weighted by atomic mass is 32.2. The zero-order valence-electron chi connectivity index (χ0n) is 16.4. The van der Waals surface area contributed by atoms with Crippen LogP contribution in [-0.2, 0) is 16.9 Å². The molecule has 0 spiro atoms. The van der Waals surface area contributed by atoms with E-state index in [-0.39, 0.29) is 23.1 Å². The third-order valence-corrected chi connectivity index (χ3v) is 6.00. The summed E-state index contributed by atoms with van der Waals surface area (Å²) in [7, 11) is -1.33. The summed E-state index contributed by atoms with van der Waals surface area (Å²) >= 11 is 0. The van der Waals surface area contributed by atoms with Crippen LogP contribution in [0.25, 0.3) is 17.0 Å². The number of allylic oxidation sites excluding steroid dienone is 1. The largest absolute Gasteiger partial charge is 0.435 e. The van der Waals surface area contributed by atoms with Crippen molar-refractivity contribution in [3.8, 4) is 17.1 Å². The van der Waals surface area contributed by atoms with Gasteiger partial charge >= 0.3 is 6.61 Å². The number of hydrogen-bond acceptors (Lipinski definition) is 8. The maximum Gasteiger partial charge on any atom is 0.387 e. The minimum atomic E-state index is -3.09. The Morgan fingerprint density at radius 2 is 2.06 bits per heavy atom. The van der Waals surface area contributed by atoms with E-state index in [1.807, 2.05) is 0 Å². The summed E-state index contributed by atoms with van der Waals surface area (Å²) < 4.78 is 54.5. The van der Waals surface area contributed by atoms with Crippen LogP contribution < -0.4 is 10.1 Å². The second-order valence-electron chi connectivity index (χ2n) is 6.84. The van der Waals surface area contributed by atoms with Gasteiger partial charge in [-0.05, 0) is 18.1 Å². The first kappa shape index (κ1) is 20.8. The summed E-state index contributed by atoms with van der Waals surface area (Å²) in [6.07, 6.45) is 6.67. The van der Waals surface area contributed by atoms with Crippen LogP contribution in [0.1, 0.15) is 12.1 Å². The maximum absolute atomic E-state index is 12.5. The standard InChI is InChI=1S/C19H18F2N6O3S/c1-27-11-13(10-23-27)18-24-15(12-3-6-31(28,29)7-4-12)9-17(26-18)25-16-8-14(2-5-22-16)30-19(20)21/h2-3,5,8-11,19H,4,6-7H2,1H3,(H,22,24,25,26). The fraction of sp³-hybridized carbons (Fsp3) is 0.263. The van der Waals surface area contributed by atoms with E-state index < -0.39 is 16.4 Å². The quantitative estimate of drug-likeness (QED) is 0.613. The van der Waals surface area contributed by atoms with Gasteiger partial charge in [0.2, 0.25) is 0 Å². The first-order valence-electron chi connectivity index (χ1n) is 9.23. The summed E-state index contributed by atoms with van der Waals surface area (Å²) in [5, 5.41) is 7.10. The van der Waals surface area contributed by atoms with E-state index >= 15 is 0 Å². The number of nitrogens with one attached hydrogen (secondary N) is 1. The molecule has 0 radical (unpaired) electrons. The molecule has 1 aliphatic heterocycles. The Morgan fingerprint density at radius 1 is 1.23 bits per heavy atom. The zero-order valence-corrected chi connectivity index (χ0v) is 17.2. The lowest BCUT2D eigenvalue weighted by atomic mass is 10.1. The molecular formula is C19H18F2N6O3S. The van der Waals surface area contributed by atoms with E-state index in [1.54, 1.807) is 36.3 Å². The highest BCUT2D eigenvalue weighted by Gasteiger charge is 2.20. The summed E-state index contributed by atoms with van der Waals surface area (Å²) in [5.74, 6) is 0.936. The average molecular weight is 448 g/mol. The summed E-state index contributed by atoms with van der Waals surface area (Å²) in [4.78, 5) is 13.2. The normalized spacial score (nSPS) is 15.5. The van der Waals surface area contributed by atoms with Crippen molar-refractivity contribution in [3.05, 3.63) is 48.6 Å². The Hall–Kier alpha value is -3.41. The van der Waals surface area contributed by atoms with Gasteiger partial charge in [-0.3, -0.25) is 4.68 Å². The fourth-order valence-electron chi connectivity index (χ4n) is 3.04. The smallest absolute Gasteiger partial charge is 0.387 e. The van der Waals surface area contributed by atoms with Gasteiger partial charge in [-0.25, -0.2) is 23.4 Å². The number of aromatic nitrogens is 5. The first-order valence-corrected chi connectivity index (χ1v) is 11.1. The van der Waals surface area contributed by atoms with Gasteiger partial charge in [0.1, 0.15) is 17.4 Å². The van der Waals surface area contributed by atoms with Gasteiger partial charge in [0.15, 0.2) is 15.7 Å². The molecule has 0 bridgehead atoms. The van der Waals surface area contributed by atoms with Crippen LogP contribution in [0.4, 0.5) is 20.4 Å². The van der Waals surface area contributed by atoms with Crippen molar-refractivity contribution in [2.75, 3.05) is 16.8 Å². The topological polar surface area (TPSA) is 112 Å². The number of nitrogens with zero attached hydrogens (tertiary/aromatic N) is 5. The van der Waals surface area contributed by atoms with Gasteiger partial charge in [0.05, 0.1) is 29.0 Å². The zero-order chi connectivity index (χ0) is 22.0. The van der Waals surface area contributed by atoms with Gasteiger partial charge in [0.25, 0.3) is 0 Å². The van der Waals surface area contributed by atoms with E-state index in [9.17, 15) is 17.2 Å². The van der Waals surface area contributed by atoms with Crippen molar-refractivity contribution in [1.82, 2.24) is 24.7 Å². The minimum absolute atomic E-state index is 0.0440. The molecule has 1 aliphatic rings. The Morgan fingerprint density at radius 3 is 2.74 bits per heavy atom. The Labute approximate surface area is 176 Å². The van der Waals surface area contributed by atoms with Gasteiger partial charge in [-0.2, -0.15) is 13.9 Å². The van der Waals surface area contributed by atoms with Crippen molar-refractivity contribution in [3.63, 3.8) is 0 Å². The molecule has 4 heterocycles. The molecule has 0 atom stereocenters. The van der Waals surface area contributed by atoms with Crippen molar-refractivity contribution >= 4 is 27.0 Å². The van der Waals surface area contributed by atoms with Gasteiger partial charge in [-0.15, -0.1) is 0 Å². The van der Waals surface area contributed by atoms with Crippen LogP contribution >= 0.6 is 0 Å². The molecule has 31 heavy (non-hydrogen) atoms. The number of aryl methyl sites for hydroxylation is 1. The molecule has 0 saturated carbocycles. The lowest BCUT2D eigenvalue weighted by molar-refractivity contribution is -0.0498. The van der Waals surface area contributed by atoms with E-state index in [4.69, 9.17) is 0 Å². The number of halogens is 2. The van der Waals surface area contributed by atoms with E-state index in [2.05, 4.69) is 30.1 Å². The molecule has 0 aliphatic carbocycles. The van der Waals surface area contributed by atoms with E-state index in [0.29, 0.717) is 29.3 Å². The number of pyridine rings is 1. The lowest BCUT2D eigenvalue weighted by Crippen LogP contribution is -2.15. The lowest BCUT2D eigenvalue weighted by Gasteiger charge is -2.15. The van der Waals surface area contributed by atoms with Crippen molar-refractivity contribution in [1.29, 1.82) is 0 Å². The van der Waals surface area contributed by atoms with Crippen molar-refractivity contribution < 1.29 is 21.9 Å². The van der Waals surface area contributed by atoms with Crippen molar-refractivity contribution in [2.45, 2.75) is 13.0 Å². The number of ether oxygens (including phenoxy) is 1. The minimum Gasteiger partial charge on any atom is -0.435 e. The Bertz CT molecular complexity index is 1240. The number of anilines is 2. The van der Waals surface area contributed by atoms with E-state index in [0.717, 1.165) is 5.57 Å². The molecule has 9 nitrogen and oxygen atoms in total. The number of sulfone groups is 1. The highest BCUT2D eigenvalue weighted by molar-refractivity contribution is 7.91. The third kappa shape index (κ3) is 5.20. The van der Waals surface area contributed by atoms with Gasteiger partial charge < -0.3 is 10.1 Å². The summed E-state index contributed by atoms with van der Waals surface area (Å²) in [5.41, 5.74) is 2.01. The summed E-state index contributed by atoms with van der Waals surface area (Å²) in [6, 6.07) is 4.30. The predicted octanol–water partition coefficient (Wildman–Crippen LogP) is 2.82. The first-order chi connectivity index (χ1) is 14.8. The van der Waals surface area contributed by atoms with Crippen molar-refractivity contribution in [2.24, 2.45) is 7.05 Å². The molecule has 162 valence electrons. The monoisotopic (exact) mass is 448 g/mol. The number of hydrogen-bond donors (Lipinski definition) is 1. The molecular weight excluding hydrogens is 430 g/mol. The highest BCUT2D eigenvalue weighted by Crippen LogP contribution is 2.28. The Kier molecular flexibility index (Phi) is 5.63. The van der Waals surface area contributed by atoms with Gasteiger partial charge in [0, 0.05) is 31.6 Å². The third-order valence-electron chi connectivity index (χ3n) is 4.50. The second kappa shape index (κ2) is 8.38. The SMILES string of the molecule is Cn1cc(-c2nc(Nc3cc(OC(F)F)ccn3)cc(C3=CCS(=O)(=O)CC3)n2)cn1. The second-order valence-corrected chi connectivity index (χ2v) is 9.07. The maximum atomic E-state index is 12.5. The van der Waals surface area contributed by atoms with Crippen LogP contribution in [-0.4, -0.2) is 51.3 Å². The van der Waals surface area contributed by atoms with Crippen LogP contribution in [0.5, 0.6) is 5.75 Å². The molecule has 0 aromatic carbocycles. The molecule has 0 saturated heterocycles. The molecule has 3 aromatic heterocycles. The molecule has 1 N–H and O–H groups in total. The molecule has 0 fully saturated rings. The van der Waals surface area contributed by atoms with E-state index in [1.165, 1.54) is 18.3 Å². The molecule has 4 rings (SSSR count). The predicted molar refractivity (Wildman–Crippen MR) is 110 cm³/mol. The number of rotatable bonds is 6. The van der Waals surface area contributed by atoms with Crippen LogP contribution in [0.3, 0.4) is 0 Å². The van der Waals surface area contributed by atoms with Crippen LogP contribution in [0.15, 0.2) is 42.9 Å². The van der Waals surface area contributed by atoms with Crippen LogP contribution in [0, 0.1) is 0 Å². The number of alkyl halides is 2. The molecule has 0 unspecified atom stereocenters. The molecule has 3 aromatic rings. The van der Waals surface area contributed by atoms with Crippen LogP contribution in [0.2, 0.25) is 0 Å². The average Bonchev–Trinajstić information content (AvgIpc) is 3.14.